The highest BCUT2D eigenvalue weighted by molar-refractivity contribution is 14.0. The molecule has 0 bridgehead atoms. The first kappa shape index (κ1) is 22.2. The number of rotatable bonds is 7. The van der Waals surface area contributed by atoms with Crippen molar-refractivity contribution >= 4 is 58.8 Å². The van der Waals surface area contributed by atoms with Gasteiger partial charge in [-0.2, -0.15) is 0 Å². The van der Waals surface area contributed by atoms with Crippen LogP contribution in [0.1, 0.15) is 25.3 Å². The van der Waals surface area contributed by atoms with Crippen molar-refractivity contribution in [2.24, 2.45) is 10.7 Å². The van der Waals surface area contributed by atoms with Crippen molar-refractivity contribution in [1.29, 1.82) is 0 Å². The van der Waals surface area contributed by atoms with Gasteiger partial charge < -0.3 is 16.4 Å². The third kappa shape index (κ3) is 8.05. The molecule has 0 saturated heterocycles. The third-order valence-corrected chi connectivity index (χ3v) is 3.83. The molecule has 7 heteroatoms. The third-order valence-electron chi connectivity index (χ3n) is 3.58. The normalized spacial score (nSPS) is 10.8. The van der Waals surface area contributed by atoms with E-state index >= 15 is 0 Å². The largest absolute Gasteiger partial charge is 0.370 e. The van der Waals surface area contributed by atoms with Gasteiger partial charge in [-0.3, -0.25) is 9.79 Å². The summed E-state index contributed by atoms with van der Waals surface area (Å²) in [4.78, 5) is 16.1. The van der Waals surface area contributed by atoms with Gasteiger partial charge in [-0.15, -0.1) is 24.0 Å². The standard InChI is InChI=1S/C19H23ClN4O.HI/c1-2-14-5-3-6-17(13-14)24-19(21)22-12-4-7-18(25)23-16-10-8-15(20)9-11-16;/h3,5-6,8-11,13H,2,4,7,12H2,1H3,(H,23,25)(H3,21,22,24);1H. The van der Waals surface area contributed by atoms with Crippen molar-refractivity contribution in [2.75, 3.05) is 17.2 Å². The van der Waals surface area contributed by atoms with Gasteiger partial charge in [0.15, 0.2) is 5.96 Å². The molecule has 2 aromatic rings. The highest BCUT2D eigenvalue weighted by Crippen LogP contribution is 2.14. The van der Waals surface area contributed by atoms with Crippen LogP contribution in [-0.2, 0) is 11.2 Å². The molecule has 0 spiro atoms. The van der Waals surface area contributed by atoms with Crippen LogP contribution in [0.15, 0.2) is 53.5 Å². The van der Waals surface area contributed by atoms with E-state index in [4.69, 9.17) is 17.3 Å². The van der Waals surface area contributed by atoms with Gasteiger partial charge in [0, 0.05) is 29.4 Å². The second-order valence-corrected chi connectivity index (χ2v) is 6.04. The predicted molar refractivity (Wildman–Crippen MR) is 121 cm³/mol. The second-order valence-electron chi connectivity index (χ2n) is 5.60. The maximum atomic E-state index is 11.9. The number of carbonyl (C=O) groups is 1. The Morgan fingerprint density at radius 2 is 1.85 bits per heavy atom. The quantitative estimate of drug-likeness (QED) is 0.230. The van der Waals surface area contributed by atoms with Crippen LogP contribution >= 0.6 is 35.6 Å². The van der Waals surface area contributed by atoms with E-state index in [1.165, 1.54) is 5.56 Å². The van der Waals surface area contributed by atoms with Gasteiger partial charge in [0.1, 0.15) is 0 Å². The summed E-state index contributed by atoms with van der Waals surface area (Å²) in [6.07, 6.45) is 1.97. The Bertz CT molecular complexity index is 735. The van der Waals surface area contributed by atoms with Gasteiger partial charge in [-0.05, 0) is 54.8 Å². The van der Waals surface area contributed by atoms with Crippen molar-refractivity contribution in [3.05, 3.63) is 59.1 Å². The molecule has 2 aromatic carbocycles. The second kappa shape index (κ2) is 11.7. The summed E-state index contributed by atoms with van der Waals surface area (Å²) < 4.78 is 0. The minimum Gasteiger partial charge on any atom is -0.370 e. The summed E-state index contributed by atoms with van der Waals surface area (Å²) in [6, 6.07) is 15.1. The van der Waals surface area contributed by atoms with E-state index in [0.717, 1.165) is 17.8 Å². The Balaban J connectivity index is 0.00000338. The summed E-state index contributed by atoms with van der Waals surface area (Å²) >= 11 is 5.81. The van der Waals surface area contributed by atoms with E-state index in [0.29, 0.717) is 30.4 Å². The van der Waals surface area contributed by atoms with Gasteiger partial charge in [0.2, 0.25) is 5.91 Å². The molecule has 0 aliphatic heterocycles. The summed E-state index contributed by atoms with van der Waals surface area (Å²) in [7, 11) is 0. The zero-order valence-corrected chi connectivity index (χ0v) is 17.8. The molecule has 26 heavy (non-hydrogen) atoms. The van der Waals surface area contributed by atoms with E-state index < -0.39 is 0 Å². The first-order valence-corrected chi connectivity index (χ1v) is 8.66. The monoisotopic (exact) mass is 486 g/mol. The van der Waals surface area contributed by atoms with Crippen LogP contribution in [0.2, 0.25) is 5.02 Å². The Hall–Kier alpha value is -1.80. The van der Waals surface area contributed by atoms with Gasteiger partial charge in [-0.1, -0.05) is 30.7 Å². The molecule has 2 rings (SSSR count). The molecule has 5 nitrogen and oxygen atoms in total. The lowest BCUT2D eigenvalue weighted by atomic mass is 10.1. The molecule has 0 aliphatic rings. The maximum Gasteiger partial charge on any atom is 0.224 e. The number of nitrogens with zero attached hydrogens (tertiary/aromatic N) is 1. The fraction of sp³-hybridized carbons (Fsp3) is 0.263. The molecule has 0 fully saturated rings. The number of aliphatic imine (C=N–C) groups is 1. The maximum absolute atomic E-state index is 11.9. The lowest BCUT2D eigenvalue weighted by molar-refractivity contribution is -0.116. The summed E-state index contributed by atoms with van der Waals surface area (Å²) in [5, 5.41) is 6.52. The minimum absolute atomic E-state index is 0. The number of hydrogen-bond donors (Lipinski definition) is 3. The summed E-state index contributed by atoms with van der Waals surface area (Å²) in [6.45, 7) is 2.59. The van der Waals surface area contributed by atoms with E-state index in [9.17, 15) is 4.79 Å². The molecule has 0 aromatic heterocycles. The lowest BCUT2D eigenvalue weighted by Gasteiger charge is -2.07. The molecule has 0 heterocycles. The number of anilines is 2. The highest BCUT2D eigenvalue weighted by atomic mass is 127. The number of carbonyl (C=O) groups excluding carboxylic acids is 1. The zero-order valence-electron chi connectivity index (χ0n) is 14.7. The van der Waals surface area contributed by atoms with Crippen molar-refractivity contribution in [3.8, 4) is 0 Å². The fourth-order valence-corrected chi connectivity index (χ4v) is 2.38. The predicted octanol–water partition coefficient (Wildman–Crippen LogP) is 4.67. The molecule has 1 amide bonds. The Morgan fingerprint density at radius 1 is 1.12 bits per heavy atom. The molecular formula is C19H24ClIN4O. The van der Waals surface area contributed by atoms with Crippen LogP contribution in [-0.4, -0.2) is 18.4 Å². The smallest absolute Gasteiger partial charge is 0.224 e. The molecular weight excluding hydrogens is 463 g/mol. The van der Waals surface area contributed by atoms with E-state index in [1.807, 2.05) is 18.2 Å². The van der Waals surface area contributed by atoms with Gasteiger partial charge >= 0.3 is 0 Å². The number of nitrogens with one attached hydrogen (secondary N) is 2. The average Bonchev–Trinajstić information content (AvgIpc) is 2.61. The van der Waals surface area contributed by atoms with Crippen molar-refractivity contribution in [1.82, 2.24) is 0 Å². The zero-order chi connectivity index (χ0) is 18.1. The molecule has 140 valence electrons. The number of halogens is 2. The molecule has 4 N–H and O–H groups in total. The molecule has 0 unspecified atom stereocenters. The van der Waals surface area contributed by atoms with Crippen LogP contribution in [0.5, 0.6) is 0 Å². The molecule has 0 aliphatic carbocycles. The fourth-order valence-electron chi connectivity index (χ4n) is 2.25. The Labute approximate surface area is 176 Å². The number of guanidine groups is 1. The lowest BCUT2D eigenvalue weighted by Crippen LogP contribution is -2.23. The minimum atomic E-state index is -0.0558. The summed E-state index contributed by atoms with van der Waals surface area (Å²) in [5.41, 5.74) is 8.76. The van der Waals surface area contributed by atoms with Crippen LogP contribution in [0.25, 0.3) is 0 Å². The molecule has 0 saturated carbocycles. The van der Waals surface area contributed by atoms with E-state index in [-0.39, 0.29) is 29.9 Å². The number of amides is 1. The number of hydrogen-bond acceptors (Lipinski definition) is 2. The van der Waals surface area contributed by atoms with Crippen LogP contribution in [0.3, 0.4) is 0 Å². The van der Waals surface area contributed by atoms with Crippen molar-refractivity contribution in [2.45, 2.75) is 26.2 Å². The number of benzene rings is 2. The van der Waals surface area contributed by atoms with Crippen molar-refractivity contribution in [3.63, 3.8) is 0 Å². The van der Waals surface area contributed by atoms with Crippen LogP contribution in [0.4, 0.5) is 11.4 Å². The Kier molecular flexibility index (Phi) is 10.0. The SMILES string of the molecule is CCc1cccc(NC(N)=NCCCC(=O)Nc2ccc(Cl)cc2)c1.I. The Morgan fingerprint density at radius 3 is 2.54 bits per heavy atom. The first-order valence-electron chi connectivity index (χ1n) is 8.28. The van der Waals surface area contributed by atoms with E-state index in [1.54, 1.807) is 24.3 Å². The topological polar surface area (TPSA) is 79.5 Å². The highest BCUT2D eigenvalue weighted by Gasteiger charge is 2.02. The van der Waals surface area contributed by atoms with Crippen molar-refractivity contribution < 1.29 is 4.79 Å². The first-order chi connectivity index (χ1) is 12.1. The summed E-state index contributed by atoms with van der Waals surface area (Å²) in [5.74, 6) is 0.297. The molecule has 0 atom stereocenters. The van der Waals surface area contributed by atoms with E-state index in [2.05, 4.69) is 28.6 Å². The number of nitrogens with two attached hydrogens (primary N) is 1. The van der Waals surface area contributed by atoms with Gasteiger partial charge in [0.25, 0.3) is 0 Å². The number of aryl methyl sites for hydroxylation is 1. The molecule has 0 radical (unpaired) electrons. The van der Waals surface area contributed by atoms with Crippen LogP contribution in [0, 0.1) is 0 Å². The van der Waals surface area contributed by atoms with Gasteiger partial charge in [-0.25, -0.2) is 0 Å². The average molecular weight is 487 g/mol. The van der Waals surface area contributed by atoms with Gasteiger partial charge in [0.05, 0.1) is 0 Å². The van der Waals surface area contributed by atoms with Crippen LogP contribution < -0.4 is 16.4 Å².